The zero-order valence-corrected chi connectivity index (χ0v) is 19.7. The van der Waals surface area contributed by atoms with Gasteiger partial charge in [0.05, 0.1) is 10.3 Å². The molecule has 1 N–H and O–H groups in total. The lowest BCUT2D eigenvalue weighted by molar-refractivity contribution is -0.124. The Morgan fingerprint density at radius 2 is 1.81 bits per heavy atom. The summed E-state index contributed by atoms with van der Waals surface area (Å²) in [4.78, 5) is 27.4. The summed E-state index contributed by atoms with van der Waals surface area (Å²) in [5.41, 5.74) is 0.755. The van der Waals surface area contributed by atoms with Gasteiger partial charge in [0.2, 0.25) is 21.8 Å². The monoisotopic (exact) mass is 475 g/mol. The summed E-state index contributed by atoms with van der Waals surface area (Å²) in [6.07, 6.45) is 2.73. The van der Waals surface area contributed by atoms with Crippen molar-refractivity contribution in [2.75, 3.05) is 29.9 Å². The molecule has 0 saturated carbocycles. The van der Waals surface area contributed by atoms with Crippen LogP contribution < -0.4 is 10.2 Å². The van der Waals surface area contributed by atoms with Gasteiger partial charge in [0.15, 0.2) is 0 Å². The third-order valence-electron chi connectivity index (χ3n) is 6.07. The lowest BCUT2D eigenvalue weighted by Gasteiger charge is -2.26. The number of nitrogens with zero attached hydrogens (tertiary/aromatic N) is 2. The molecule has 0 aromatic heterocycles. The van der Waals surface area contributed by atoms with Gasteiger partial charge in [-0.25, -0.2) is 8.42 Å². The highest BCUT2D eigenvalue weighted by Crippen LogP contribution is 2.42. The normalized spacial score (nSPS) is 18.5. The molecule has 0 aliphatic carbocycles. The summed E-state index contributed by atoms with van der Waals surface area (Å²) in [7, 11) is -3.62. The number of benzene rings is 2. The molecule has 9 heteroatoms. The molecule has 170 valence electrons. The zero-order valence-electron chi connectivity index (χ0n) is 18.1. The molecule has 32 heavy (non-hydrogen) atoms. The standard InChI is InChI=1S/C23H26ClN3O4S/c1-23(2)19-14-18(32(30,31)26-11-4-3-5-12-26)9-10-20(19)27(22(23)29)15-21(28)25-17-8-6-7-16(24)13-17/h6-10,13-14H,3-5,11-12,15H2,1-2H3,(H,25,28). The maximum atomic E-state index is 13.2. The first-order chi connectivity index (χ1) is 15.1. The van der Waals surface area contributed by atoms with E-state index in [2.05, 4.69) is 5.32 Å². The van der Waals surface area contributed by atoms with E-state index in [0.717, 1.165) is 19.3 Å². The maximum Gasteiger partial charge on any atom is 0.244 e. The lowest BCUT2D eigenvalue weighted by atomic mass is 9.86. The Bertz CT molecular complexity index is 1170. The molecule has 7 nitrogen and oxygen atoms in total. The predicted molar refractivity (Wildman–Crippen MR) is 125 cm³/mol. The number of sulfonamides is 1. The number of hydrogen-bond donors (Lipinski definition) is 1. The van der Waals surface area contributed by atoms with Crippen molar-refractivity contribution >= 4 is 44.8 Å². The second-order valence-corrected chi connectivity index (χ2v) is 11.1. The predicted octanol–water partition coefficient (Wildman–Crippen LogP) is 3.78. The van der Waals surface area contributed by atoms with E-state index < -0.39 is 15.4 Å². The quantitative estimate of drug-likeness (QED) is 0.713. The molecule has 0 radical (unpaired) electrons. The molecule has 0 atom stereocenters. The highest BCUT2D eigenvalue weighted by molar-refractivity contribution is 7.89. The van der Waals surface area contributed by atoms with Crippen molar-refractivity contribution in [3.8, 4) is 0 Å². The van der Waals surface area contributed by atoms with Crippen LogP contribution in [0, 0.1) is 0 Å². The molecule has 2 aliphatic heterocycles. The molecule has 2 aromatic rings. The van der Waals surface area contributed by atoms with E-state index in [1.165, 1.54) is 15.3 Å². The number of anilines is 2. The van der Waals surface area contributed by atoms with Gasteiger partial charge in [-0.3, -0.25) is 9.59 Å². The Balaban J connectivity index is 1.60. The first kappa shape index (κ1) is 22.8. The smallest absolute Gasteiger partial charge is 0.244 e. The Labute approximate surface area is 193 Å². The fourth-order valence-corrected chi connectivity index (χ4v) is 6.03. The van der Waals surface area contributed by atoms with E-state index in [9.17, 15) is 18.0 Å². The fraction of sp³-hybridized carbons (Fsp3) is 0.391. The van der Waals surface area contributed by atoms with Crippen LogP contribution in [0.15, 0.2) is 47.4 Å². The Morgan fingerprint density at radius 3 is 2.50 bits per heavy atom. The van der Waals surface area contributed by atoms with Crippen LogP contribution in [0.2, 0.25) is 5.02 Å². The maximum absolute atomic E-state index is 13.2. The topological polar surface area (TPSA) is 86.8 Å². The highest BCUT2D eigenvalue weighted by atomic mass is 35.5. The Hall–Kier alpha value is -2.42. The van der Waals surface area contributed by atoms with Crippen LogP contribution >= 0.6 is 11.6 Å². The van der Waals surface area contributed by atoms with E-state index in [1.807, 2.05) is 0 Å². The largest absolute Gasteiger partial charge is 0.324 e. The van der Waals surface area contributed by atoms with Gasteiger partial charge in [-0.2, -0.15) is 4.31 Å². The molecular formula is C23H26ClN3O4S. The van der Waals surface area contributed by atoms with Gasteiger partial charge >= 0.3 is 0 Å². The Kier molecular flexibility index (Phi) is 6.04. The van der Waals surface area contributed by atoms with Crippen molar-refractivity contribution in [3.05, 3.63) is 53.1 Å². The van der Waals surface area contributed by atoms with Crippen LogP contribution in [0.1, 0.15) is 38.7 Å². The van der Waals surface area contributed by atoms with Gasteiger partial charge < -0.3 is 10.2 Å². The summed E-state index contributed by atoms with van der Waals surface area (Å²) in [6, 6.07) is 11.5. The number of nitrogens with one attached hydrogen (secondary N) is 1. The summed E-state index contributed by atoms with van der Waals surface area (Å²) in [5, 5.41) is 3.24. The van der Waals surface area contributed by atoms with E-state index >= 15 is 0 Å². The minimum Gasteiger partial charge on any atom is -0.324 e. The fourth-order valence-electron chi connectivity index (χ4n) is 4.30. The molecule has 2 aliphatic rings. The van der Waals surface area contributed by atoms with Gasteiger partial charge in [-0.1, -0.05) is 24.1 Å². The third kappa shape index (κ3) is 4.14. The van der Waals surface area contributed by atoms with E-state index in [1.54, 1.807) is 50.2 Å². The number of carbonyl (C=O) groups is 2. The van der Waals surface area contributed by atoms with Crippen LogP contribution in [-0.4, -0.2) is 44.2 Å². The average molecular weight is 476 g/mol. The highest BCUT2D eigenvalue weighted by Gasteiger charge is 2.45. The molecule has 1 fully saturated rings. The van der Waals surface area contributed by atoms with Crippen LogP contribution in [0.25, 0.3) is 0 Å². The number of hydrogen-bond acceptors (Lipinski definition) is 4. The van der Waals surface area contributed by atoms with E-state index in [0.29, 0.717) is 35.1 Å². The van der Waals surface area contributed by atoms with Crippen LogP contribution in [0.5, 0.6) is 0 Å². The molecule has 0 bridgehead atoms. The molecule has 0 spiro atoms. The molecule has 4 rings (SSSR count). The number of piperidine rings is 1. The molecule has 2 heterocycles. The molecule has 2 aromatic carbocycles. The minimum absolute atomic E-state index is 0.181. The lowest BCUT2D eigenvalue weighted by Crippen LogP contribution is -2.40. The van der Waals surface area contributed by atoms with Gasteiger partial charge in [-0.05, 0) is 68.7 Å². The van der Waals surface area contributed by atoms with Gasteiger partial charge in [0.25, 0.3) is 0 Å². The molecular weight excluding hydrogens is 450 g/mol. The first-order valence-corrected chi connectivity index (χ1v) is 12.4. The van der Waals surface area contributed by atoms with Crippen molar-refractivity contribution in [3.63, 3.8) is 0 Å². The number of carbonyl (C=O) groups excluding carboxylic acids is 2. The number of rotatable bonds is 5. The second kappa shape index (κ2) is 8.50. The Morgan fingerprint density at radius 1 is 1.09 bits per heavy atom. The summed E-state index contributed by atoms with van der Waals surface area (Å²) in [5.74, 6) is -0.615. The van der Waals surface area contributed by atoms with Gasteiger partial charge in [-0.15, -0.1) is 0 Å². The minimum atomic E-state index is -3.62. The van der Waals surface area contributed by atoms with Gasteiger partial charge in [0, 0.05) is 29.5 Å². The van der Waals surface area contributed by atoms with E-state index in [4.69, 9.17) is 11.6 Å². The zero-order chi connectivity index (χ0) is 23.1. The summed E-state index contributed by atoms with van der Waals surface area (Å²) >= 11 is 5.97. The molecule has 0 unspecified atom stereocenters. The van der Waals surface area contributed by atoms with Crippen LogP contribution in [-0.2, 0) is 25.0 Å². The summed E-state index contributed by atoms with van der Waals surface area (Å²) in [6.45, 7) is 4.34. The number of amides is 2. The first-order valence-electron chi connectivity index (χ1n) is 10.6. The molecule has 2 amide bonds. The van der Waals surface area contributed by atoms with Crippen molar-refractivity contribution in [2.45, 2.75) is 43.4 Å². The van der Waals surface area contributed by atoms with Crippen molar-refractivity contribution in [1.29, 1.82) is 0 Å². The average Bonchev–Trinajstić information content (AvgIpc) is 2.94. The number of fused-ring (bicyclic) bond motifs is 1. The number of halogens is 1. The van der Waals surface area contributed by atoms with Crippen molar-refractivity contribution in [2.24, 2.45) is 0 Å². The third-order valence-corrected chi connectivity index (χ3v) is 8.20. The van der Waals surface area contributed by atoms with Crippen LogP contribution in [0.3, 0.4) is 0 Å². The molecule has 1 saturated heterocycles. The van der Waals surface area contributed by atoms with Crippen molar-refractivity contribution in [1.82, 2.24) is 4.31 Å². The second-order valence-electron chi connectivity index (χ2n) is 8.72. The van der Waals surface area contributed by atoms with Crippen LogP contribution in [0.4, 0.5) is 11.4 Å². The van der Waals surface area contributed by atoms with Crippen molar-refractivity contribution < 1.29 is 18.0 Å². The van der Waals surface area contributed by atoms with Gasteiger partial charge in [0.1, 0.15) is 6.54 Å². The van der Waals surface area contributed by atoms with E-state index in [-0.39, 0.29) is 23.3 Å². The SMILES string of the molecule is CC1(C)C(=O)N(CC(=O)Nc2cccc(Cl)c2)c2ccc(S(=O)(=O)N3CCCCC3)cc21. The summed E-state index contributed by atoms with van der Waals surface area (Å²) < 4.78 is 27.8.